The van der Waals surface area contributed by atoms with Crippen molar-refractivity contribution in [1.82, 2.24) is 24.9 Å². The zero-order chi connectivity index (χ0) is 24.6. The summed E-state index contributed by atoms with van der Waals surface area (Å²) in [4.78, 5) is 34.1. The Morgan fingerprint density at radius 1 is 1.25 bits per heavy atom. The number of pyridine rings is 1. The molecule has 0 saturated carbocycles. The van der Waals surface area contributed by atoms with E-state index < -0.39 is 6.09 Å². The zero-order valence-electron chi connectivity index (χ0n) is 20.0. The summed E-state index contributed by atoms with van der Waals surface area (Å²) in [5.41, 5.74) is 6.54. The van der Waals surface area contributed by atoms with Crippen LogP contribution < -0.4 is 15.0 Å². The minimum atomic E-state index is -1.18. The molecule has 0 unspecified atom stereocenters. The standard InChI is InChI=1S/C26H27N7O3/c1-2-15-3-5-19-20(9-15)28-14-29-24(19)33-7-8-36-22-6-4-16(10-18(22)13-33)17-11-21-23(27-12-17)31-25(30-21)32-26(34)35/h4,6,10-12,14-15H,2-3,5,7-9,13H2,1H3,(H,34,35)(H2,27,30,31,32)/t15-/m0/s1. The minimum Gasteiger partial charge on any atom is -0.491 e. The van der Waals surface area contributed by atoms with E-state index in [9.17, 15) is 4.79 Å². The number of aromatic amines is 1. The molecule has 2 aliphatic rings. The van der Waals surface area contributed by atoms with E-state index >= 15 is 0 Å². The summed E-state index contributed by atoms with van der Waals surface area (Å²) in [6.45, 7) is 4.29. The molecule has 4 heterocycles. The number of carboxylic acid groups (broad SMARTS) is 1. The van der Waals surface area contributed by atoms with Gasteiger partial charge < -0.3 is 19.7 Å². The molecule has 6 rings (SSSR count). The first-order valence-electron chi connectivity index (χ1n) is 12.3. The van der Waals surface area contributed by atoms with Crippen LogP contribution in [0.2, 0.25) is 0 Å². The first kappa shape index (κ1) is 22.3. The first-order chi connectivity index (χ1) is 17.6. The van der Waals surface area contributed by atoms with Crippen LogP contribution in [-0.4, -0.2) is 49.3 Å². The molecule has 0 saturated heterocycles. The Labute approximate surface area is 207 Å². The summed E-state index contributed by atoms with van der Waals surface area (Å²) in [5, 5.41) is 11.2. The van der Waals surface area contributed by atoms with Gasteiger partial charge in [-0.1, -0.05) is 19.4 Å². The number of H-pyrrole nitrogens is 1. The average molecular weight is 486 g/mol. The number of rotatable bonds is 4. The largest absolute Gasteiger partial charge is 0.491 e. The third-order valence-electron chi connectivity index (χ3n) is 7.11. The van der Waals surface area contributed by atoms with Crippen molar-refractivity contribution >= 4 is 29.0 Å². The van der Waals surface area contributed by atoms with E-state index in [0.29, 0.717) is 30.2 Å². The van der Waals surface area contributed by atoms with E-state index in [-0.39, 0.29) is 5.95 Å². The highest BCUT2D eigenvalue weighted by molar-refractivity contribution is 5.85. The third-order valence-corrected chi connectivity index (χ3v) is 7.11. The van der Waals surface area contributed by atoms with Gasteiger partial charge in [-0.15, -0.1) is 0 Å². The fraction of sp³-hybridized carbons (Fsp3) is 0.346. The molecule has 0 radical (unpaired) electrons. The third kappa shape index (κ3) is 4.19. The van der Waals surface area contributed by atoms with E-state index in [2.05, 4.69) is 43.1 Å². The number of carbonyl (C=O) groups is 1. The Bertz CT molecular complexity index is 1450. The van der Waals surface area contributed by atoms with Gasteiger partial charge >= 0.3 is 6.09 Å². The van der Waals surface area contributed by atoms with Crippen molar-refractivity contribution < 1.29 is 14.6 Å². The molecular formula is C26H27N7O3. The number of hydrogen-bond donors (Lipinski definition) is 3. The second-order valence-corrected chi connectivity index (χ2v) is 9.34. The Hall–Kier alpha value is -4.21. The highest BCUT2D eigenvalue weighted by atomic mass is 16.5. The van der Waals surface area contributed by atoms with E-state index in [1.54, 1.807) is 12.5 Å². The number of hydrogen-bond acceptors (Lipinski definition) is 7. The van der Waals surface area contributed by atoms with E-state index in [1.807, 2.05) is 18.2 Å². The Balaban J connectivity index is 1.31. The fourth-order valence-electron chi connectivity index (χ4n) is 5.19. The van der Waals surface area contributed by atoms with Gasteiger partial charge in [-0.25, -0.2) is 19.7 Å². The van der Waals surface area contributed by atoms with Crippen LogP contribution in [-0.2, 0) is 19.4 Å². The fourth-order valence-corrected chi connectivity index (χ4v) is 5.19. The quantitative estimate of drug-likeness (QED) is 0.387. The number of anilines is 2. The van der Waals surface area contributed by atoms with Crippen LogP contribution in [0.3, 0.4) is 0 Å². The molecule has 1 atom stereocenters. The van der Waals surface area contributed by atoms with Crippen molar-refractivity contribution in [2.75, 3.05) is 23.4 Å². The van der Waals surface area contributed by atoms with Crippen molar-refractivity contribution in [1.29, 1.82) is 0 Å². The molecule has 3 aromatic heterocycles. The van der Waals surface area contributed by atoms with Gasteiger partial charge in [0.25, 0.3) is 0 Å². The maximum atomic E-state index is 10.9. The summed E-state index contributed by atoms with van der Waals surface area (Å²) in [5.74, 6) is 2.74. The first-order valence-corrected chi connectivity index (χ1v) is 12.3. The Morgan fingerprint density at radius 2 is 2.17 bits per heavy atom. The molecule has 1 amide bonds. The highest BCUT2D eigenvalue weighted by Crippen LogP contribution is 2.35. The van der Waals surface area contributed by atoms with Crippen LogP contribution in [0.4, 0.5) is 16.6 Å². The number of ether oxygens (including phenoxy) is 1. The number of nitrogens with one attached hydrogen (secondary N) is 2. The summed E-state index contributed by atoms with van der Waals surface area (Å²) in [6, 6.07) is 8.07. The van der Waals surface area contributed by atoms with Crippen LogP contribution in [0.1, 0.15) is 36.6 Å². The summed E-state index contributed by atoms with van der Waals surface area (Å²) < 4.78 is 6.10. The topological polar surface area (TPSA) is 129 Å². The van der Waals surface area contributed by atoms with Crippen LogP contribution in [0.5, 0.6) is 5.75 Å². The molecule has 4 aromatic rings. The number of nitrogens with zero attached hydrogens (tertiary/aromatic N) is 5. The van der Waals surface area contributed by atoms with Crippen LogP contribution in [0.15, 0.2) is 36.8 Å². The lowest BCUT2D eigenvalue weighted by atomic mass is 9.85. The second-order valence-electron chi connectivity index (χ2n) is 9.34. The molecular weight excluding hydrogens is 458 g/mol. The summed E-state index contributed by atoms with van der Waals surface area (Å²) >= 11 is 0. The zero-order valence-corrected chi connectivity index (χ0v) is 20.0. The predicted molar refractivity (Wildman–Crippen MR) is 135 cm³/mol. The number of fused-ring (bicyclic) bond motifs is 3. The predicted octanol–water partition coefficient (Wildman–Crippen LogP) is 4.42. The van der Waals surface area contributed by atoms with Gasteiger partial charge in [-0.3, -0.25) is 5.32 Å². The molecule has 10 nitrogen and oxygen atoms in total. The van der Waals surface area contributed by atoms with Crippen molar-refractivity contribution in [3.63, 3.8) is 0 Å². The Morgan fingerprint density at radius 3 is 3.03 bits per heavy atom. The average Bonchev–Trinajstić information content (AvgIpc) is 3.15. The lowest BCUT2D eigenvalue weighted by Crippen LogP contribution is -2.29. The second kappa shape index (κ2) is 9.10. The molecule has 0 fully saturated rings. The molecule has 10 heteroatoms. The van der Waals surface area contributed by atoms with Crippen LogP contribution in [0, 0.1) is 5.92 Å². The molecule has 1 aliphatic heterocycles. The normalized spacial score (nSPS) is 17.1. The van der Waals surface area contributed by atoms with Gasteiger partial charge in [-0.05, 0) is 48.9 Å². The lowest BCUT2D eigenvalue weighted by Gasteiger charge is -2.29. The van der Waals surface area contributed by atoms with Crippen molar-refractivity contribution in [3.8, 4) is 16.9 Å². The number of aromatic nitrogens is 5. The molecule has 184 valence electrons. The monoisotopic (exact) mass is 485 g/mol. The van der Waals surface area contributed by atoms with E-state index in [1.165, 1.54) is 24.1 Å². The number of benzene rings is 1. The van der Waals surface area contributed by atoms with Gasteiger partial charge in [0, 0.05) is 35.1 Å². The molecule has 1 aromatic carbocycles. The van der Waals surface area contributed by atoms with Gasteiger partial charge in [0.2, 0.25) is 5.95 Å². The van der Waals surface area contributed by atoms with Gasteiger partial charge in [0.05, 0.1) is 12.1 Å². The lowest BCUT2D eigenvalue weighted by molar-refractivity contribution is 0.209. The number of imidazole rings is 1. The maximum absolute atomic E-state index is 10.9. The minimum absolute atomic E-state index is 0.145. The molecule has 0 bridgehead atoms. The molecule has 3 N–H and O–H groups in total. The molecule has 1 aliphatic carbocycles. The summed E-state index contributed by atoms with van der Waals surface area (Å²) in [6.07, 6.45) is 6.68. The maximum Gasteiger partial charge on any atom is 0.411 e. The van der Waals surface area contributed by atoms with Crippen molar-refractivity contribution in [2.24, 2.45) is 5.92 Å². The Kier molecular flexibility index (Phi) is 5.63. The van der Waals surface area contributed by atoms with Crippen LogP contribution in [0.25, 0.3) is 22.3 Å². The van der Waals surface area contributed by atoms with Gasteiger partial charge in [-0.2, -0.15) is 4.98 Å². The molecule has 36 heavy (non-hydrogen) atoms. The van der Waals surface area contributed by atoms with Crippen molar-refractivity contribution in [3.05, 3.63) is 53.6 Å². The van der Waals surface area contributed by atoms with Gasteiger partial charge in [0.1, 0.15) is 24.5 Å². The highest BCUT2D eigenvalue weighted by Gasteiger charge is 2.26. The van der Waals surface area contributed by atoms with Crippen LogP contribution >= 0.6 is 0 Å². The van der Waals surface area contributed by atoms with Gasteiger partial charge in [0.15, 0.2) is 5.65 Å². The smallest absolute Gasteiger partial charge is 0.411 e. The van der Waals surface area contributed by atoms with Crippen molar-refractivity contribution in [2.45, 2.75) is 39.2 Å². The van der Waals surface area contributed by atoms with E-state index in [4.69, 9.17) is 14.8 Å². The SMILES string of the molecule is CC[C@H]1CCc2c(ncnc2N2CCOc3ccc(-c4cnc5nc(NC(=O)O)[nH]c5c4)cc3C2)C1. The molecule has 0 spiro atoms. The number of amides is 1. The summed E-state index contributed by atoms with van der Waals surface area (Å²) in [7, 11) is 0. The van der Waals surface area contributed by atoms with E-state index in [0.717, 1.165) is 47.6 Å².